The Bertz CT molecular complexity index is 1230. The standard InChI is InChI=1S/C20H20N4O2S2/c1-5-26-12-6-7-13-14(8-12)27-20(23-13)24-18(25)17-16(21)15-10(3)9(2)11(4)22-19(15)28-17/h6-8H,5,21H2,1-4H3,(H,23,24,25). The summed E-state index contributed by atoms with van der Waals surface area (Å²) in [4.78, 5) is 23.2. The number of pyridine rings is 1. The second-order valence-electron chi connectivity index (χ2n) is 6.51. The Morgan fingerprint density at radius 3 is 2.71 bits per heavy atom. The number of nitrogens with two attached hydrogens (primary N) is 1. The zero-order valence-electron chi connectivity index (χ0n) is 16.0. The molecule has 1 aromatic carbocycles. The Morgan fingerprint density at radius 1 is 1.18 bits per heavy atom. The monoisotopic (exact) mass is 412 g/mol. The van der Waals surface area contributed by atoms with Crippen molar-refractivity contribution < 1.29 is 9.53 Å². The average Bonchev–Trinajstić information content (AvgIpc) is 3.20. The van der Waals surface area contributed by atoms with Gasteiger partial charge >= 0.3 is 0 Å². The van der Waals surface area contributed by atoms with Crippen molar-refractivity contribution in [3.63, 3.8) is 0 Å². The number of carbonyl (C=O) groups is 1. The molecule has 0 aliphatic carbocycles. The molecule has 0 aliphatic heterocycles. The number of aromatic nitrogens is 2. The molecule has 1 amide bonds. The van der Waals surface area contributed by atoms with Crippen LogP contribution in [0.2, 0.25) is 0 Å². The van der Waals surface area contributed by atoms with Gasteiger partial charge in [-0.3, -0.25) is 10.1 Å². The molecule has 0 aliphatic rings. The molecule has 0 radical (unpaired) electrons. The molecule has 6 nitrogen and oxygen atoms in total. The van der Waals surface area contributed by atoms with Crippen LogP contribution in [0, 0.1) is 20.8 Å². The second kappa shape index (κ2) is 7.03. The smallest absolute Gasteiger partial charge is 0.269 e. The van der Waals surface area contributed by atoms with Gasteiger partial charge in [-0.2, -0.15) is 0 Å². The van der Waals surface area contributed by atoms with Gasteiger partial charge in [-0.15, -0.1) is 11.3 Å². The summed E-state index contributed by atoms with van der Waals surface area (Å²) in [6.07, 6.45) is 0. The van der Waals surface area contributed by atoms with Gasteiger partial charge in [0.25, 0.3) is 5.91 Å². The molecule has 3 N–H and O–H groups in total. The average molecular weight is 413 g/mol. The van der Waals surface area contributed by atoms with E-state index in [0.29, 0.717) is 22.3 Å². The first-order valence-electron chi connectivity index (χ1n) is 8.89. The van der Waals surface area contributed by atoms with E-state index in [1.165, 1.54) is 22.7 Å². The molecule has 144 valence electrons. The highest BCUT2D eigenvalue weighted by atomic mass is 32.1. The number of thiazole rings is 1. The predicted molar refractivity (Wildman–Crippen MR) is 117 cm³/mol. The zero-order valence-corrected chi connectivity index (χ0v) is 17.7. The summed E-state index contributed by atoms with van der Waals surface area (Å²) in [5.74, 6) is 0.525. The fraction of sp³-hybridized carbons (Fsp3) is 0.250. The summed E-state index contributed by atoms with van der Waals surface area (Å²) in [6, 6.07) is 5.69. The zero-order chi connectivity index (χ0) is 20.0. The summed E-state index contributed by atoms with van der Waals surface area (Å²) >= 11 is 2.72. The number of fused-ring (bicyclic) bond motifs is 2. The van der Waals surface area contributed by atoms with Crippen LogP contribution >= 0.6 is 22.7 Å². The molecule has 3 heterocycles. The number of aryl methyl sites for hydroxylation is 2. The van der Waals surface area contributed by atoms with E-state index in [-0.39, 0.29) is 5.91 Å². The van der Waals surface area contributed by atoms with Gasteiger partial charge in [0.05, 0.1) is 22.5 Å². The molecule has 0 spiro atoms. The van der Waals surface area contributed by atoms with E-state index >= 15 is 0 Å². The van der Waals surface area contributed by atoms with Crippen LogP contribution in [0.4, 0.5) is 10.8 Å². The van der Waals surface area contributed by atoms with Crippen LogP contribution in [0.5, 0.6) is 5.75 Å². The number of amides is 1. The van der Waals surface area contributed by atoms with E-state index < -0.39 is 0 Å². The lowest BCUT2D eigenvalue weighted by atomic mass is 10.1. The maximum Gasteiger partial charge on any atom is 0.269 e. The van der Waals surface area contributed by atoms with Crippen LogP contribution in [0.15, 0.2) is 18.2 Å². The topological polar surface area (TPSA) is 90.1 Å². The number of benzene rings is 1. The maximum absolute atomic E-state index is 12.9. The van der Waals surface area contributed by atoms with E-state index in [9.17, 15) is 4.79 Å². The molecule has 0 unspecified atom stereocenters. The molecule has 4 rings (SSSR count). The molecule has 0 bridgehead atoms. The lowest BCUT2D eigenvalue weighted by molar-refractivity contribution is 0.103. The second-order valence-corrected chi connectivity index (χ2v) is 8.54. The number of anilines is 2. The number of thiophene rings is 1. The molecule has 0 atom stereocenters. The van der Waals surface area contributed by atoms with Crippen LogP contribution in [-0.4, -0.2) is 22.5 Å². The first-order valence-corrected chi connectivity index (χ1v) is 10.5. The van der Waals surface area contributed by atoms with Crippen LogP contribution in [0.1, 0.15) is 33.4 Å². The number of ether oxygens (including phenoxy) is 1. The first-order chi connectivity index (χ1) is 13.4. The fourth-order valence-corrected chi connectivity index (χ4v) is 5.09. The fourth-order valence-electron chi connectivity index (χ4n) is 3.10. The third-order valence-electron chi connectivity index (χ3n) is 4.77. The van der Waals surface area contributed by atoms with Crippen molar-refractivity contribution in [2.24, 2.45) is 0 Å². The summed E-state index contributed by atoms with van der Waals surface area (Å²) in [5, 5.41) is 4.27. The van der Waals surface area contributed by atoms with Crippen molar-refractivity contribution in [2.75, 3.05) is 17.7 Å². The van der Waals surface area contributed by atoms with Gasteiger partial charge in [0.15, 0.2) is 5.13 Å². The molecule has 3 aromatic heterocycles. The largest absolute Gasteiger partial charge is 0.494 e. The summed E-state index contributed by atoms with van der Waals surface area (Å²) in [6.45, 7) is 8.55. The Kier molecular flexibility index (Phi) is 4.68. The number of carbonyl (C=O) groups excluding carboxylic acids is 1. The maximum atomic E-state index is 12.9. The lowest BCUT2D eigenvalue weighted by Crippen LogP contribution is -2.11. The van der Waals surface area contributed by atoms with Crippen LogP contribution in [0.25, 0.3) is 20.4 Å². The minimum Gasteiger partial charge on any atom is -0.494 e. The summed E-state index contributed by atoms with van der Waals surface area (Å²) < 4.78 is 6.48. The van der Waals surface area contributed by atoms with Crippen molar-refractivity contribution in [1.29, 1.82) is 0 Å². The minimum atomic E-state index is -0.265. The van der Waals surface area contributed by atoms with Crippen molar-refractivity contribution in [1.82, 2.24) is 9.97 Å². The molecule has 28 heavy (non-hydrogen) atoms. The molecular formula is C20H20N4O2S2. The van der Waals surface area contributed by atoms with E-state index in [0.717, 1.165) is 43.0 Å². The number of hydrogen-bond donors (Lipinski definition) is 2. The Morgan fingerprint density at radius 2 is 1.96 bits per heavy atom. The molecule has 0 saturated carbocycles. The van der Waals surface area contributed by atoms with Crippen LogP contribution < -0.4 is 15.8 Å². The highest BCUT2D eigenvalue weighted by Gasteiger charge is 2.21. The van der Waals surface area contributed by atoms with Crippen LogP contribution in [-0.2, 0) is 0 Å². The number of nitrogens with one attached hydrogen (secondary N) is 1. The van der Waals surface area contributed by atoms with Crippen molar-refractivity contribution in [3.05, 3.63) is 39.9 Å². The normalized spacial score (nSPS) is 11.3. The van der Waals surface area contributed by atoms with Gasteiger partial charge in [0, 0.05) is 11.1 Å². The Balaban J connectivity index is 1.68. The Hall–Kier alpha value is -2.71. The number of nitrogens with zero attached hydrogens (tertiary/aromatic N) is 2. The van der Waals surface area contributed by atoms with Crippen molar-refractivity contribution >= 4 is 59.8 Å². The summed E-state index contributed by atoms with van der Waals surface area (Å²) in [7, 11) is 0. The molecule has 4 aromatic rings. The van der Waals surface area contributed by atoms with Gasteiger partial charge in [0.1, 0.15) is 15.5 Å². The highest BCUT2D eigenvalue weighted by molar-refractivity contribution is 7.23. The predicted octanol–water partition coefficient (Wildman–Crippen LogP) is 5.06. The number of rotatable bonds is 4. The first kappa shape index (κ1) is 18.6. The van der Waals surface area contributed by atoms with Crippen LogP contribution in [0.3, 0.4) is 0 Å². The van der Waals surface area contributed by atoms with Crippen molar-refractivity contribution in [2.45, 2.75) is 27.7 Å². The van der Waals surface area contributed by atoms with E-state index in [1.807, 2.05) is 45.9 Å². The Labute approximate surface area is 170 Å². The third kappa shape index (κ3) is 3.08. The van der Waals surface area contributed by atoms with E-state index in [1.54, 1.807) is 0 Å². The van der Waals surface area contributed by atoms with E-state index in [2.05, 4.69) is 15.3 Å². The van der Waals surface area contributed by atoms with Gasteiger partial charge in [-0.25, -0.2) is 9.97 Å². The SMILES string of the molecule is CCOc1ccc2nc(NC(=O)c3sc4nc(C)c(C)c(C)c4c3N)sc2c1. The number of hydrogen-bond acceptors (Lipinski definition) is 7. The minimum absolute atomic E-state index is 0.265. The summed E-state index contributed by atoms with van der Waals surface area (Å²) in [5.41, 5.74) is 10.7. The third-order valence-corrected chi connectivity index (χ3v) is 6.81. The van der Waals surface area contributed by atoms with Crippen molar-refractivity contribution in [3.8, 4) is 5.75 Å². The molecule has 0 fully saturated rings. The highest BCUT2D eigenvalue weighted by Crippen LogP contribution is 2.37. The molecular weight excluding hydrogens is 392 g/mol. The van der Waals surface area contributed by atoms with Gasteiger partial charge in [-0.05, 0) is 57.0 Å². The lowest BCUT2D eigenvalue weighted by Gasteiger charge is -2.05. The number of nitrogen functional groups attached to an aromatic ring is 1. The van der Waals surface area contributed by atoms with E-state index in [4.69, 9.17) is 10.5 Å². The van der Waals surface area contributed by atoms with Gasteiger partial charge in [-0.1, -0.05) is 11.3 Å². The van der Waals surface area contributed by atoms with Gasteiger partial charge < -0.3 is 10.5 Å². The molecule has 8 heteroatoms. The van der Waals surface area contributed by atoms with Gasteiger partial charge in [0.2, 0.25) is 0 Å². The quantitative estimate of drug-likeness (QED) is 0.489. The molecule has 0 saturated heterocycles.